The summed E-state index contributed by atoms with van der Waals surface area (Å²) in [6, 6.07) is 0. The topological polar surface area (TPSA) is 29.9 Å². The van der Waals surface area contributed by atoms with E-state index < -0.39 is 0 Å². The predicted molar refractivity (Wildman–Crippen MR) is 63.9 cm³/mol. The number of fused-ring (bicyclic) bond motifs is 2. The van der Waals surface area contributed by atoms with Gasteiger partial charge in [0.15, 0.2) is 0 Å². The number of rotatable bonds is 4. The largest absolute Gasteiger partial charge is 0.337 e. The first-order chi connectivity index (χ1) is 7.85. The fourth-order valence-corrected chi connectivity index (χ4v) is 3.65. The molecule has 3 unspecified atom stereocenters. The summed E-state index contributed by atoms with van der Waals surface area (Å²) in [6.45, 7) is 2.07. The van der Waals surface area contributed by atoms with Crippen LogP contribution in [0, 0.1) is 17.8 Å². The average Bonchev–Trinajstić information content (AvgIpc) is 2.95. The Morgan fingerprint density at radius 3 is 3.06 bits per heavy atom. The fourth-order valence-electron chi connectivity index (χ4n) is 3.65. The van der Waals surface area contributed by atoms with Crippen LogP contribution in [0.3, 0.4) is 0 Å². The zero-order valence-corrected chi connectivity index (χ0v) is 10.0. The average molecular weight is 219 g/mol. The molecule has 88 valence electrons. The zero-order chi connectivity index (χ0) is 11.0. The van der Waals surface area contributed by atoms with Crippen LogP contribution in [0.1, 0.15) is 31.4 Å². The molecule has 1 N–H and O–H groups in total. The molecule has 2 aliphatic rings. The SMILES string of the molecule is CNCc1cn(CC2CC3CCC2C3)cn1. The van der Waals surface area contributed by atoms with Crippen LogP contribution in [0.5, 0.6) is 0 Å². The Balaban J connectivity index is 1.61. The van der Waals surface area contributed by atoms with Crippen molar-refractivity contribution in [3.63, 3.8) is 0 Å². The molecule has 3 rings (SSSR count). The molecule has 3 nitrogen and oxygen atoms in total. The van der Waals surface area contributed by atoms with Crippen molar-refractivity contribution in [1.29, 1.82) is 0 Å². The monoisotopic (exact) mass is 219 g/mol. The number of nitrogens with zero attached hydrogens (tertiary/aromatic N) is 2. The zero-order valence-electron chi connectivity index (χ0n) is 10.0. The van der Waals surface area contributed by atoms with Crippen LogP contribution in [0.2, 0.25) is 0 Å². The van der Waals surface area contributed by atoms with Crippen molar-refractivity contribution in [3.8, 4) is 0 Å². The van der Waals surface area contributed by atoms with Crippen molar-refractivity contribution in [3.05, 3.63) is 18.2 Å². The number of nitrogens with one attached hydrogen (secondary N) is 1. The van der Waals surface area contributed by atoms with Gasteiger partial charge in [-0.2, -0.15) is 0 Å². The van der Waals surface area contributed by atoms with Crippen molar-refractivity contribution >= 4 is 0 Å². The molecular formula is C13H21N3. The number of hydrogen-bond donors (Lipinski definition) is 1. The van der Waals surface area contributed by atoms with Crippen LogP contribution in [0.15, 0.2) is 12.5 Å². The van der Waals surface area contributed by atoms with Crippen molar-refractivity contribution < 1.29 is 0 Å². The van der Waals surface area contributed by atoms with Gasteiger partial charge in [0.1, 0.15) is 0 Å². The minimum absolute atomic E-state index is 0.879. The van der Waals surface area contributed by atoms with Crippen LogP contribution in [-0.2, 0) is 13.1 Å². The van der Waals surface area contributed by atoms with E-state index in [9.17, 15) is 0 Å². The maximum atomic E-state index is 4.41. The summed E-state index contributed by atoms with van der Waals surface area (Å²) in [6.07, 6.45) is 10.1. The molecule has 1 aromatic heterocycles. The molecule has 16 heavy (non-hydrogen) atoms. The highest BCUT2D eigenvalue weighted by Crippen LogP contribution is 2.48. The highest BCUT2D eigenvalue weighted by atomic mass is 15.0. The molecule has 2 saturated carbocycles. The molecule has 0 aliphatic heterocycles. The van der Waals surface area contributed by atoms with Gasteiger partial charge in [0.25, 0.3) is 0 Å². The summed E-state index contributed by atoms with van der Waals surface area (Å²) in [5.74, 6) is 2.99. The molecule has 0 spiro atoms. The molecule has 1 aromatic rings. The number of hydrogen-bond acceptors (Lipinski definition) is 2. The molecule has 3 atom stereocenters. The van der Waals surface area contributed by atoms with Gasteiger partial charge in [0.2, 0.25) is 0 Å². The van der Waals surface area contributed by atoms with Gasteiger partial charge in [0.05, 0.1) is 12.0 Å². The highest BCUT2D eigenvalue weighted by molar-refractivity contribution is 4.97. The molecule has 0 amide bonds. The molecule has 0 radical (unpaired) electrons. The Labute approximate surface area is 97.3 Å². The standard InChI is InChI=1S/C13H21N3/c1-14-6-13-8-16(9-15-13)7-12-5-10-2-3-11(12)4-10/h8-12,14H,2-7H2,1H3. The predicted octanol–water partition coefficient (Wildman–Crippen LogP) is 2.04. The number of imidazole rings is 1. The molecular weight excluding hydrogens is 198 g/mol. The Kier molecular flexibility index (Phi) is 2.72. The summed E-state index contributed by atoms with van der Waals surface area (Å²) in [4.78, 5) is 4.41. The van der Waals surface area contributed by atoms with Gasteiger partial charge < -0.3 is 9.88 Å². The lowest BCUT2D eigenvalue weighted by Crippen LogP contribution is -2.16. The van der Waals surface area contributed by atoms with Crippen LogP contribution in [0.25, 0.3) is 0 Å². The first kappa shape index (κ1) is 10.3. The third kappa shape index (κ3) is 1.88. The van der Waals surface area contributed by atoms with Gasteiger partial charge in [-0.25, -0.2) is 4.98 Å². The Bertz CT molecular complexity index is 358. The van der Waals surface area contributed by atoms with E-state index in [1.807, 2.05) is 13.4 Å². The van der Waals surface area contributed by atoms with E-state index in [0.29, 0.717) is 0 Å². The Morgan fingerprint density at radius 2 is 2.38 bits per heavy atom. The molecule has 2 bridgehead atoms. The van der Waals surface area contributed by atoms with Crippen LogP contribution >= 0.6 is 0 Å². The first-order valence-corrected chi connectivity index (χ1v) is 6.50. The van der Waals surface area contributed by atoms with Gasteiger partial charge in [-0.3, -0.25) is 0 Å². The van der Waals surface area contributed by atoms with Gasteiger partial charge in [-0.05, 0) is 44.1 Å². The van der Waals surface area contributed by atoms with Crippen LogP contribution in [-0.4, -0.2) is 16.6 Å². The van der Waals surface area contributed by atoms with Gasteiger partial charge in [-0.1, -0.05) is 6.42 Å². The molecule has 0 saturated heterocycles. The summed E-state index contributed by atoms with van der Waals surface area (Å²) in [5, 5.41) is 3.14. The molecule has 3 heteroatoms. The van der Waals surface area contributed by atoms with E-state index in [4.69, 9.17) is 0 Å². The minimum Gasteiger partial charge on any atom is -0.337 e. The van der Waals surface area contributed by atoms with Gasteiger partial charge in [-0.15, -0.1) is 0 Å². The minimum atomic E-state index is 0.879. The van der Waals surface area contributed by atoms with Crippen molar-refractivity contribution in [2.45, 2.75) is 38.8 Å². The normalized spacial score (nSPS) is 32.4. The van der Waals surface area contributed by atoms with E-state index in [1.165, 1.54) is 32.2 Å². The van der Waals surface area contributed by atoms with E-state index in [0.717, 1.165) is 30.0 Å². The van der Waals surface area contributed by atoms with Crippen LogP contribution in [0.4, 0.5) is 0 Å². The van der Waals surface area contributed by atoms with Crippen LogP contribution < -0.4 is 5.32 Å². The van der Waals surface area contributed by atoms with Crippen molar-refractivity contribution in [2.75, 3.05) is 7.05 Å². The van der Waals surface area contributed by atoms with Gasteiger partial charge in [0, 0.05) is 19.3 Å². The molecule has 2 fully saturated rings. The molecule has 1 heterocycles. The Hall–Kier alpha value is -0.830. The van der Waals surface area contributed by atoms with E-state index in [-0.39, 0.29) is 0 Å². The van der Waals surface area contributed by atoms with Crippen molar-refractivity contribution in [1.82, 2.24) is 14.9 Å². The third-order valence-electron chi connectivity index (χ3n) is 4.37. The Morgan fingerprint density at radius 1 is 1.44 bits per heavy atom. The second-order valence-electron chi connectivity index (χ2n) is 5.53. The fraction of sp³-hybridized carbons (Fsp3) is 0.769. The highest BCUT2D eigenvalue weighted by Gasteiger charge is 2.39. The summed E-state index contributed by atoms with van der Waals surface area (Å²) < 4.78 is 2.29. The lowest BCUT2D eigenvalue weighted by Gasteiger charge is -2.21. The number of aromatic nitrogens is 2. The first-order valence-electron chi connectivity index (χ1n) is 6.50. The third-order valence-corrected chi connectivity index (χ3v) is 4.37. The molecule has 2 aliphatic carbocycles. The smallest absolute Gasteiger partial charge is 0.0950 e. The lowest BCUT2D eigenvalue weighted by molar-refractivity contribution is 0.295. The maximum absolute atomic E-state index is 4.41. The van der Waals surface area contributed by atoms with E-state index in [1.54, 1.807) is 0 Å². The second-order valence-corrected chi connectivity index (χ2v) is 5.53. The molecule has 0 aromatic carbocycles. The van der Waals surface area contributed by atoms with Crippen molar-refractivity contribution in [2.24, 2.45) is 17.8 Å². The van der Waals surface area contributed by atoms with Gasteiger partial charge >= 0.3 is 0 Å². The summed E-state index contributed by atoms with van der Waals surface area (Å²) in [5.41, 5.74) is 1.16. The summed E-state index contributed by atoms with van der Waals surface area (Å²) in [7, 11) is 1.97. The van der Waals surface area contributed by atoms with E-state index >= 15 is 0 Å². The maximum Gasteiger partial charge on any atom is 0.0950 e. The quantitative estimate of drug-likeness (QED) is 0.840. The lowest BCUT2D eigenvalue weighted by atomic mass is 9.89. The second kappa shape index (κ2) is 4.21. The summed E-state index contributed by atoms with van der Waals surface area (Å²) >= 11 is 0. The van der Waals surface area contributed by atoms with E-state index in [2.05, 4.69) is 21.1 Å².